The predicted octanol–water partition coefficient (Wildman–Crippen LogP) is -0.171. The van der Waals surface area contributed by atoms with E-state index in [0.29, 0.717) is 52.6 Å². The molecule has 0 aliphatic rings. The fraction of sp³-hybridized carbons (Fsp3) is 1.00. The predicted molar refractivity (Wildman–Crippen MR) is 72.0 cm³/mol. The largest absolute Gasteiger partial charge is 0.379 e. The highest BCUT2D eigenvalue weighted by Crippen LogP contribution is 2.11. The molecule has 0 saturated carbocycles. The molecular formula is C10H26N6O2. The summed E-state index contributed by atoms with van der Waals surface area (Å²) in [6.07, 6.45) is 0. The third-order valence-electron chi connectivity index (χ3n) is 2.48. The first-order valence-corrected chi connectivity index (χ1v) is 5.51. The fourth-order valence-electron chi connectivity index (χ4n) is 1.09. The number of nitrogens with zero attached hydrogens (tertiary/aromatic N) is 3. The van der Waals surface area contributed by atoms with Crippen LogP contribution in [-0.2, 0) is 9.47 Å². The van der Waals surface area contributed by atoms with E-state index in [0.717, 1.165) is 0 Å². The highest BCUT2D eigenvalue weighted by molar-refractivity contribution is 4.82. The normalized spacial score (nSPS) is 10.6. The Bertz CT molecular complexity index is 220. The maximum Gasteiger partial charge on any atom is 0.0700 e. The molecule has 0 bridgehead atoms. The van der Waals surface area contributed by atoms with E-state index in [-0.39, 0.29) is 12.8 Å². The number of hydrogen-bond acceptors (Lipinski definition) is 6. The molecule has 18 heavy (non-hydrogen) atoms. The van der Waals surface area contributed by atoms with Crippen molar-refractivity contribution in [2.75, 3.05) is 52.6 Å². The summed E-state index contributed by atoms with van der Waals surface area (Å²) in [4.78, 5) is 2.61. The van der Waals surface area contributed by atoms with Crippen molar-refractivity contribution in [2.45, 2.75) is 7.43 Å². The SMILES string of the molecule is C.[N-]=[N+]=NCCOCCOCC(CN)(CN)CN. The van der Waals surface area contributed by atoms with Crippen LogP contribution in [0.2, 0.25) is 0 Å². The number of ether oxygens (including phenoxy) is 2. The van der Waals surface area contributed by atoms with Gasteiger partial charge in [-0.25, -0.2) is 0 Å². The second kappa shape index (κ2) is 12.6. The molecule has 0 heterocycles. The second-order valence-electron chi connectivity index (χ2n) is 3.73. The average molecular weight is 262 g/mol. The van der Waals surface area contributed by atoms with E-state index in [1.54, 1.807) is 0 Å². The number of hydrogen-bond donors (Lipinski definition) is 3. The van der Waals surface area contributed by atoms with E-state index in [9.17, 15) is 0 Å². The van der Waals surface area contributed by atoms with Gasteiger partial charge in [0.15, 0.2) is 0 Å². The maximum atomic E-state index is 8.02. The Hall–Kier alpha value is -0.890. The van der Waals surface area contributed by atoms with E-state index in [2.05, 4.69) is 10.0 Å². The molecule has 0 unspecified atom stereocenters. The Morgan fingerprint density at radius 3 is 2.06 bits per heavy atom. The van der Waals surface area contributed by atoms with Gasteiger partial charge >= 0.3 is 0 Å². The summed E-state index contributed by atoms with van der Waals surface area (Å²) in [7, 11) is 0. The summed E-state index contributed by atoms with van der Waals surface area (Å²) >= 11 is 0. The van der Waals surface area contributed by atoms with Gasteiger partial charge in [0.25, 0.3) is 0 Å². The van der Waals surface area contributed by atoms with Crippen molar-refractivity contribution in [1.29, 1.82) is 0 Å². The minimum atomic E-state index is -0.342. The standard InChI is InChI=1S/C9H22N6O2.CH4/c10-5-9(6-11,7-12)8-17-4-3-16-2-1-14-15-13;/h1-8,10-12H2;1H4. The van der Waals surface area contributed by atoms with E-state index in [4.69, 9.17) is 32.2 Å². The van der Waals surface area contributed by atoms with Crippen molar-refractivity contribution < 1.29 is 9.47 Å². The van der Waals surface area contributed by atoms with Gasteiger partial charge in [0.1, 0.15) is 0 Å². The van der Waals surface area contributed by atoms with Crippen LogP contribution < -0.4 is 17.2 Å². The number of azide groups is 1. The molecule has 0 aromatic heterocycles. The molecule has 8 heteroatoms. The first-order valence-electron chi connectivity index (χ1n) is 5.51. The topological polar surface area (TPSA) is 145 Å². The lowest BCUT2D eigenvalue weighted by atomic mass is 9.89. The van der Waals surface area contributed by atoms with Crippen LogP contribution in [0.3, 0.4) is 0 Å². The van der Waals surface area contributed by atoms with Crippen LogP contribution in [0.4, 0.5) is 0 Å². The molecule has 0 aliphatic carbocycles. The Kier molecular flexibility index (Phi) is 13.6. The minimum absolute atomic E-state index is 0. The average Bonchev–Trinajstić information content (AvgIpc) is 2.38. The lowest BCUT2D eigenvalue weighted by Crippen LogP contribution is -2.47. The molecule has 6 N–H and O–H groups in total. The molecule has 0 saturated heterocycles. The Balaban J connectivity index is 0. The lowest BCUT2D eigenvalue weighted by molar-refractivity contribution is 0.0135. The van der Waals surface area contributed by atoms with Crippen LogP contribution >= 0.6 is 0 Å². The van der Waals surface area contributed by atoms with Gasteiger partial charge in [0.05, 0.1) is 26.4 Å². The van der Waals surface area contributed by atoms with Crippen LogP contribution in [-0.4, -0.2) is 52.6 Å². The first-order chi connectivity index (χ1) is 8.24. The zero-order chi connectivity index (χ0) is 13.0. The van der Waals surface area contributed by atoms with E-state index >= 15 is 0 Å². The lowest BCUT2D eigenvalue weighted by Gasteiger charge is -2.28. The third-order valence-corrected chi connectivity index (χ3v) is 2.48. The zero-order valence-electron chi connectivity index (χ0n) is 10.0. The Morgan fingerprint density at radius 2 is 1.56 bits per heavy atom. The number of nitrogens with two attached hydrogens (primary N) is 3. The van der Waals surface area contributed by atoms with Crippen molar-refractivity contribution in [3.8, 4) is 0 Å². The molecule has 0 rings (SSSR count). The Labute approximate surface area is 108 Å². The van der Waals surface area contributed by atoms with Gasteiger partial charge in [-0.15, -0.1) is 0 Å². The van der Waals surface area contributed by atoms with Crippen LogP contribution in [0.5, 0.6) is 0 Å². The maximum absolute atomic E-state index is 8.02. The quantitative estimate of drug-likeness (QED) is 0.205. The van der Waals surface area contributed by atoms with Gasteiger partial charge in [0.2, 0.25) is 0 Å². The van der Waals surface area contributed by atoms with Gasteiger partial charge in [-0.05, 0) is 5.53 Å². The first kappa shape index (κ1) is 19.4. The molecule has 0 aliphatic heterocycles. The van der Waals surface area contributed by atoms with Crippen LogP contribution in [0.15, 0.2) is 5.11 Å². The molecule has 0 fully saturated rings. The van der Waals surface area contributed by atoms with Gasteiger partial charge in [0, 0.05) is 36.5 Å². The van der Waals surface area contributed by atoms with Gasteiger partial charge < -0.3 is 26.7 Å². The molecule has 0 atom stereocenters. The highest BCUT2D eigenvalue weighted by atomic mass is 16.5. The molecule has 0 spiro atoms. The molecule has 0 aromatic rings. The summed E-state index contributed by atoms with van der Waals surface area (Å²) < 4.78 is 10.6. The molecule has 0 radical (unpaired) electrons. The monoisotopic (exact) mass is 262 g/mol. The van der Waals surface area contributed by atoms with Crippen molar-refractivity contribution in [2.24, 2.45) is 27.7 Å². The molecule has 8 nitrogen and oxygen atoms in total. The fourth-order valence-corrected chi connectivity index (χ4v) is 1.09. The van der Waals surface area contributed by atoms with Gasteiger partial charge in [-0.2, -0.15) is 0 Å². The van der Waals surface area contributed by atoms with Crippen LogP contribution in [0.25, 0.3) is 10.4 Å². The van der Waals surface area contributed by atoms with E-state index in [1.165, 1.54) is 0 Å². The highest BCUT2D eigenvalue weighted by Gasteiger charge is 2.25. The Morgan fingerprint density at radius 1 is 1.00 bits per heavy atom. The summed E-state index contributed by atoms with van der Waals surface area (Å²) in [6.45, 7) is 3.23. The smallest absolute Gasteiger partial charge is 0.0700 e. The van der Waals surface area contributed by atoms with Crippen molar-refractivity contribution in [3.05, 3.63) is 10.4 Å². The van der Waals surface area contributed by atoms with Crippen molar-refractivity contribution in [1.82, 2.24) is 0 Å². The van der Waals surface area contributed by atoms with Crippen molar-refractivity contribution >= 4 is 0 Å². The van der Waals surface area contributed by atoms with Crippen LogP contribution in [0.1, 0.15) is 7.43 Å². The van der Waals surface area contributed by atoms with Gasteiger partial charge in [-0.3, -0.25) is 0 Å². The summed E-state index contributed by atoms with van der Waals surface area (Å²) in [5, 5.41) is 3.33. The molecule has 108 valence electrons. The van der Waals surface area contributed by atoms with E-state index in [1.807, 2.05) is 0 Å². The van der Waals surface area contributed by atoms with Crippen LogP contribution in [0, 0.1) is 5.41 Å². The number of rotatable bonds is 11. The summed E-state index contributed by atoms with van der Waals surface area (Å²) in [5.41, 5.74) is 24.5. The van der Waals surface area contributed by atoms with E-state index < -0.39 is 0 Å². The third kappa shape index (κ3) is 8.24. The zero-order valence-corrected chi connectivity index (χ0v) is 10.0. The summed E-state index contributed by atoms with van der Waals surface area (Å²) in [6, 6.07) is 0. The molecular weight excluding hydrogens is 236 g/mol. The molecule has 0 aromatic carbocycles. The van der Waals surface area contributed by atoms with Crippen molar-refractivity contribution in [3.63, 3.8) is 0 Å². The minimum Gasteiger partial charge on any atom is -0.379 e. The summed E-state index contributed by atoms with van der Waals surface area (Å²) in [5.74, 6) is 0. The second-order valence-corrected chi connectivity index (χ2v) is 3.73. The van der Waals surface area contributed by atoms with Gasteiger partial charge in [-0.1, -0.05) is 12.5 Å². The molecule has 0 amide bonds.